The van der Waals surface area contributed by atoms with Gasteiger partial charge in [-0.15, -0.1) is 0 Å². The van der Waals surface area contributed by atoms with Crippen molar-refractivity contribution in [3.63, 3.8) is 0 Å². The summed E-state index contributed by atoms with van der Waals surface area (Å²) >= 11 is 0. The Morgan fingerprint density at radius 2 is 1.70 bits per heavy atom. The van der Waals surface area contributed by atoms with Gasteiger partial charge in [0.15, 0.2) is 6.04 Å². The normalized spacial score (nSPS) is 11.8. The molecule has 0 saturated heterocycles. The molecule has 1 N–H and O–H groups in total. The number of esters is 1. The molecular weight excluding hydrogens is 387 g/mol. The number of hydrogen-bond donors (Lipinski definition) is 1. The molecule has 0 aliphatic rings. The van der Waals surface area contributed by atoms with E-state index in [0.29, 0.717) is 5.56 Å². The maximum absolute atomic E-state index is 14.5. The molecule has 0 aliphatic carbocycles. The minimum Gasteiger partial charge on any atom is -0.451 e. The van der Waals surface area contributed by atoms with Crippen LogP contribution in [-0.2, 0) is 9.53 Å². The highest BCUT2D eigenvalue weighted by atomic mass is 19.1. The van der Waals surface area contributed by atoms with Gasteiger partial charge >= 0.3 is 11.7 Å². The average molecular weight is 412 g/mol. The molecule has 0 spiro atoms. The number of hydrogen-bond acceptors (Lipinski definition) is 4. The number of halogens is 1. The largest absolute Gasteiger partial charge is 0.451 e. The van der Waals surface area contributed by atoms with Gasteiger partial charge in [-0.2, -0.15) is 4.79 Å². The molecule has 2 rings (SSSR count). The predicted molar refractivity (Wildman–Crippen MR) is 112 cm³/mol. The summed E-state index contributed by atoms with van der Waals surface area (Å²) in [5, 5.41) is 2.57. The van der Waals surface area contributed by atoms with Gasteiger partial charge in [0.2, 0.25) is 0 Å². The number of ether oxygens (including phenoxy) is 1. The summed E-state index contributed by atoms with van der Waals surface area (Å²) in [6.07, 6.45) is 0. The van der Waals surface area contributed by atoms with Crippen LogP contribution in [-0.4, -0.2) is 42.1 Å². The molecule has 30 heavy (non-hydrogen) atoms. The molecule has 0 heterocycles. The number of nitrogens with zero attached hydrogens (tertiary/aromatic N) is 3. The molecule has 0 bridgehead atoms. The first-order chi connectivity index (χ1) is 14.0. The van der Waals surface area contributed by atoms with Gasteiger partial charge < -0.3 is 20.5 Å². The summed E-state index contributed by atoms with van der Waals surface area (Å²) in [7, 11) is 3.74. The van der Waals surface area contributed by atoms with Gasteiger partial charge in [-0.25, -0.2) is 9.18 Å². The first-order valence-electron chi connectivity index (χ1n) is 9.31. The van der Waals surface area contributed by atoms with E-state index in [1.54, 1.807) is 51.1 Å². The number of nitrogens with one attached hydrogen (secondary N) is 1. The zero-order chi connectivity index (χ0) is 22.5. The maximum atomic E-state index is 14.5. The quantitative estimate of drug-likeness (QED) is 0.341. The van der Waals surface area contributed by atoms with Crippen molar-refractivity contribution in [1.29, 1.82) is 0 Å². The topological polar surface area (TPSA) is 95.0 Å². The van der Waals surface area contributed by atoms with Crippen molar-refractivity contribution in [2.75, 3.05) is 19.0 Å². The Balaban J connectivity index is 2.41. The molecule has 158 valence electrons. The van der Waals surface area contributed by atoms with Gasteiger partial charge in [0.05, 0.1) is 0 Å². The second-order valence-electron chi connectivity index (χ2n) is 7.86. The molecule has 0 saturated carbocycles. The Kier molecular flexibility index (Phi) is 7.08. The van der Waals surface area contributed by atoms with E-state index in [1.165, 1.54) is 18.2 Å². The lowest BCUT2D eigenvalue weighted by Crippen LogP contribution is -2.41. The Morgan fingerprint density at radius 3 is 2.20 bits per heavy atom. The Morgan fingerprint density at radius 1 is 1.10 bits per heavy atom. The average Bonchev–Trinajstić information content (AvgIpc) is 2.67. The smallest absolute Gasteiger partial charge is 0.420 e. The lowest BCUT2D eigenvalue weighted by molar-refractivity contribution is -0.151. The molecule has 7 nitrogen and oxygen atoms in total. The van der Waals surface area contributed by atoms with Crippen molar-refractivity contribution in [3.05, 3.63) is 71.0 Å². The van der Waals surface area contributed by atoms with Crippen molar-refractivity contribution < 1.29 is 23.5 Å². The number of rotatable bonds is 6. The van der Waals surface area contributed by atoms with E-state index in [4.69, 9.17) is 4.74 Å². The molecular formula is C22H25FN4O3. The Hall–Kier alpha value is -3.51. The van der Waals surface area contributed by atoms with E-state index in [1.807, 2.05) is 19.0 Å². The number of carbonyl (C=O) groups excluding carboxylic acids is 2. The zero-order valence-electron chi connectivity index (χ0n) is 17.6. The fourth-order valence-corrected chi connectivity index (χ4v) is 2.67. The van der Waals surface area contributed by atoms with Crippen LogP contribution >= 0.6 is 0 Å². The molecule has 0 aromatic heterocycles. The highest BCUT2D eigenvalue weighted by Gasteiger charge is 2.39. The van der Waals surface area contributed by atoms with Crippen molar-refractivity contribution in [2.45, 2.75) is 32.4 Å². The number of anilines is 1. The van der Waals surface area contributed by atoms with Crippen LogP contribution in [0.5, 0.6) is 0 Å². The van der Waals surface area contributed by atoms with Crippen LogP contribution in [0.3, 0.4) is 0 Å². The molecule has 1 amide bonds. The van der Waals surface area contributed by atoms with Crippen LogP contribution in [0.4, 0.5) is 10.1 Å². The standard InChI is InChI=1S/C22H25FN4O3/c1-22(2,3)30-21(29)19(26-24)18(16-8-6-7-9-17(16)23)25-20(28)14-10-12-15(13-11-14)27(4)5/h6-13,18H,1-5H3,(H,25,28)/t18-/m0/s1. The van der Waals surface area contributed by atoms with Gasteiger partial charge in [-0.05, 0) is 51.1 Å². The van der Waals surface area contributed by atoms with Gasteiger partial charge in [0.25, 0.3) is 5.91 Å². The van der Waals surface area contributed by atoms with Crippen LogP contribution in [0.25, 0.3) is 5.53 Å². The zero-order valence-corrected chi connectivity index (χ0v) is 17.6. The highest BCUT2D eigenvalue weighted by Crippen LogP contribution is 2.21. The second-order valence-corrected chi connectivity index (χ2v) is 7.86. The summed E-state index contributed by atoms with van der Waals surface area (Å²) < 4.78 is 19.7. The fourth-order valence-electron chi connectivity index (χ4n) is 2.67. The number of carbonyl (C=O) groups is 2. The first kappa shape index (κ1) is 22.8. The van der Waals surface area contributed by atoms with Crippen LogP contribution < -0.4 is 10.2 Å². The van der Waals surface area contributed by atoms with Crippen molar-refractivity contribution in [1.82, 2.24) is 5.32 Å². The van der Waals surface area contributed by atoms with E-state index in [-0.39, 0.29) is 5.56 Å². The van der Waals surface area contributed by atoms with Gasteiger partial charge in [-0.1, -0.05) is 18.2 Å². The minimum absolute atomic E-state index is 0.0329. The second kappa shape index (κ2) is 9.33. The summed E-state index contributed by atoms with van der Waals surface area (Å²) in [5.74, 6) is -2.21. The van der Waals surface area contributed by atoms with Crippen LogP contribution in [0.2, 0.25) is 0 Å². The van der Waals surface area contributed by atoms with Crippen LogP contribution in [0.15, 0.2) is 48.5 Å². The third-order valence-electron chi connectivity index (χ3n) is 4.13. The van der Waals surface area contributed by atoms with Gasteiger partial charge in [0.1, 0.15) is 11.4 Å². The molecule has 0 aliphatic heterocycles. The van der Waals surface area contributed by atoms with Crippen molar-refractivity contribution >= 4 is 23.3 Å². The SMILES string of the molecule is CN(C)c1ccc(C(=O)N[C@H](C(=[N+]=[N-])C(=O)OC(C)(C)C)c2ccccc2F)cc1. The van der Waals surface area contributed by atoms with Crippen LogP contribution in [0, 0.1) is 5.82 Å². The molecule has 2 aromatic carbocycles. The lowest BCUT2D eigenvalue weighted by atomic mass is 10.00. The minimum atomic E-state index is -1.35. The fraction of sp³-hybridized carbons (Fsp3) is 0.318. The van der Waals surface area contributed by atoms with Crippen molar-refractivity contribution in [2.24, 2.45) is 0 Å². The maximum Gasteiger partial charge on any atom is 0.420 e. The Labute approximate surface area is 175 Å². The summed E-state index contributed by atoms with van der Waals surface area (Å²) in [6, 6.07) is 11.0. The van der Waals surface area contributed by atoms with E-state index in [0.717, 1.165) is 5.69 Å². The predicted octanol–water partition coefficient (Wildman–Crippen LogP) is 3.38. The van der Waals surface area contributed by atoms with E-state index < -0.39 is 35.0 Å². The third kappa shape index (κ3) is 5.75. The molecule has 0 fully saturated rings. The molecule has 0 radical (unpaired) electrons. The Bertz CT molecular complexity index is 975. The number of amides is 1. The molecule has 8 heteroatoms. The van der Waals surface area contributed by atoms with Gasteiger partial charge in [-0.3, -0.25) is 4.79 Å². The van der Waals surface area contributed by atoms with E-state index >= 15 is 0 Å². The first-order valence-corrected chi connectivity index (χ1v) is 9.31. The van der Waals surface area contributed by atoms with Gasteiger partial charge in [0, 0.05) is 30.9 Å². The molecule has 0 unspecified atom stereocenters. The summed E-state index contributed by atoms with van der Waals surface area (Å²) in [4.78, 5) is 30.3. The van der Waals surface area contributed by atoms with Crippen LogP contribution in [0.1, 0.15) is 42.7 Å². The van der Waals surface area contributed by atoms with E-state index in [9.17, 15) is 19.5 Å². The molecule has 2 aromatic rings. The summed E-state index contributed by atoms with van der Waals surface area (Å²) in [5.41, 5.74) is 9.25. The third-order valence-corrected chi connectivity index (χ3v) is 4.13. The lowest BCUT2D eigenvalue weighted by Gasteiger charge is -2.21. The van der Waals surface area contributed by atoms with Crippen molar-refractivity contribution in [3.8, 4) is 0 Å². The van der Waals surface area contributed by atoms with E-state index in [2.05, 4.69) is 10.1 Å². The number of benzene rings is 2. The monoisotopic (exact) mass is 412 g/mol. The summed E-state index contributed by atoms with van der Waals surface area (Å²) in [6.45, 7) is 4.93. The highest BCUT2D eigenvalue weighted by molar-refractivity contribution is 6.36. The molecule has 1 atom stereocenters.